The molecule has 6 aromatic rings. The first-order valence-electron chi connectivity index (χ1n) is 12.5. The van der Waals surface area contributed by atoms with Gasteiger partial charge in [0.25, 0.3) is 0 Å². The Balaban J connectivity index is 1.53. The van der Waals surface area contributed by atoms with E-state index in [-0.39, 0.29) is 12.1 Å². The second kappa shape index (κ2) is 8.84. The monoisotopic (exact) mass is 458 g/mol. The van der Waals surface area contributed by atoms with Crippen LogP contribution in [0.15, 0.2) is 95.4 Å². The van der Waals surface area contributed by atoms with Gasteiger partial charge in [0, 0.05) is 16.7 Å². The van der Waals surface area contributed by atoms with Gasteiger partial charge in [-0.3, -0.25) is 0 Å². The van der Waals surface area contributed by atoms with Crippen LogP contribution in [0.1, 0.15) is 25.3 Å². The van der Waals surface area contributed by atoms with Crippen molar-refractivity contribution in [3.05, 3.63) is 96.6 Å². The highest BCUT2D eigenvalue weighted by Gasteiger charge is 2.16. The summed E-state index contributed by atoms with van der Waals surface area (Å²) in [7, 11) is 0. The van der Waals surface area contributed by atoms with Crippen molar-refractivity contribution in [2.45, 2.75) is 32.4 Å². The van der Waals surface area contributed by atoms with E-state index in [0.717, 1.165) is 30.4 Å². The normalized spacial score (nSPS) is 13.4. The topological polar surface area (TPSA) is 65.2 Å². The van der Waals surface area contributed by atoms with Gasteiger partial charge < -0.3 is 15.9 Å². The van der Waals surface area contributed by atoms with E-state index in [1.54, 1.807) is 0 Å². The summed E-state index contributed by atoms with van der Waals surface area (Å²) in [5.74, 6) is 0.198. The summed E-state index contributed by atoms with van der Waals surface area (Å²) >= 11 is 0. The Morgan fingerprint density at radius 1 is 0.714 bits per heavy atom. The van der Waals surface area contributed by atoms with Crippen molar-refractivity contribution in [3.8, 4) is 0 Å². The minimum Gasteiger partial charge on any atom is -0.456 e. The molecule has 0 aliphatic carbocycles. The lowest BCUT2D eigenvalue weighted by Gasteiger charge is -2.16. The lowest BCUT2D eigenvalue weighted by atomic mass is 9.92. The quantitative estimate of drug-likeness (QED) is 0.152. The van der Waals surface area contributed by atoms with Crippen molar-refractivity contribution in [1.29, 1.82) is 0 Å². The van der Waals surface area contributed by atoms with Crippen LogP contribution in [-0.4, -0.2) is 6.17 Å². The Morgan fingerprint density at radius 3 is 1.97 bits per heavy atom. The van der Waals surface area contributed by atoms with Crippen LogP contribution in [-0.2, 0) is 6.42 Å². The van der Waals surface area contributed by atoms with E-state index in [9.17, 15) is 0 Å². The van der Waals surface area contributed by atoms with Crippen molar-refractivity contribution in [3.63, 3.8) is 0 Å². The number of hydrogen-bond donors (Lipinski definition) is 2. The zero-order valence-electron chi connectivity index (χ0n) is 20.0. The van der Waals surface area contributed by atoms with Gasteiger partial charge in [-0.2, -0.15) is 0 Å². The second-order valence-corrected chi connectivity index (χ2v) is 9.54. The van der Waals surface area contributed by atoms with Gasteiger partial charge in [-0.15, -0.1) is 0 Å². The van der Waals surface area contributed by atoms with E-state index >= 15 is 0 Å². The summed E-state index contributed by atoms with van der Waals surface area (Å²) in [6, 6.07) is 28.4. The smallest absolute Gasteiger partial charge is 0.136 e. The maximum Gasteiger partial charge on any atom is 0.136 e. The number of fused-ring (bicyclic) bond motifs is 9. The molecule has 0 saturated carbocycles. The first-order valence-corrected chi connectivity index (χ1v) is 12.5. The molecule has 0 saturated heterocycles. The molecule has 1 unspecified atom stereocenters. The van der Waals surface area contributed by atoms with Crippen LogP contribution in [0, 0.1) is 5.92 Å². The average Bonchev–Trinajstić information content (AvgIpc) is 3.25. The van der Waals surface area contributed by atoms with Crippen LogP contribution in [0.5, 0.6) is 0 Å². The molecule has 1 atom stereocenters. The Hall–Kier alpha value is -3.66. The molecule has 5 aromatic carbocycles. The molecule has 3 heteroatoms. The third-order valence-electron chi connectivity index (χ3n) is 7.36. The van der Waals surface area contributed by atoms with Crippen LogP contribution in [0.3, 0.4) is 0 Å². The highest BCUT2D eigenvalue weighted by atomic mass is 16.3. The molecule has 3 nitrogen and oxygen atoms in total. The Bertz CT molecular complexity index is 1720. The molecule has 0 aliphatic rings. The summed E-state index contributed by atoms with van der Waals surface area (Å²) in [5.41, 5.74) is 15.2. The maximum atomic E-state index is 6.42. The highest BCUT2D eigenvalue weighted by molar-refractivity contribution is 6.28. The fourth-order valence-corrected chi connectivity index (χ4v) is 5.70. The first-order chi connectivity index (χ1) is 17.2. The molecule has 1 aromatic heterocycles. The van der Waals surface area contributed by atoms with Gasteiger partial charge in [-0.1, -0.05) is 72.8 Å². The number of aryl methyl sites for hydroxylation is 1. The third kappa shape index (κ3) is 3.68. The summed E-state index contributed by atoms with van der Waals surface area (Å²) in [6.07, 6.45) is 6.79. The minimum absolute atomic E-state index is 0.198. The molecule has 4 N–H and O–H groups in total. The van der Waals surface area contributed by atoms with Gasteiger partial charge in [0.15, 0.2) is 0 Å². The van der Waals surface area contributed by atoms with Crippen molar-refractivity contribution in [1.82, 2.24) is 0 Å². The molecule has 174 valence electrons. The van der Waals surface area contributed by atoms with Gasteiger partial charge >= 0.3 is 0 Å². The van der Waals surface area contributed by atoms with Gasteiger partial charge in [-0.05, 0) is 82.3 Å². The molecule has 0 bridgehead atoms. The fraction of sp³-hybridized carbons (Fsp3) is 0.188. The van der Waals surface area contributed by atoms with Gasteiger partial charge in [0.1, 0.15) is 11.2 Å². The van der Waals surface area contributed by atoms with E-state index in [0.29, 0.717) is 0 Å². The molecule has 6 rings (SSSR count). The zero-order chi connectivity index (χ0) is 23.9. The zero-order valence-corrected chi connectivity index (χ0v) is 20.0. The minimum atomic E-state index is -0.328. The SMILES string of the molecule is C/C=C\C(CCCc1cccc2oc3cc4c5ccccc5c5ccccc5c4cc3c12)C(N)N. The summed E-state index contributed by atoms with van der Waals surface area (Å²) < 4.78 is 6.42. The van der Waals surface area contributed by atoms with Gasteiger partial charge in [-0.25, -0.2) is 0 Å². The van der Waals surface area contributed by atoms with Crippen LogP contribution in [0.2, 0.25) is 0 Å². The maximum absolute atomic E-state index is 6.42. The van der Waals surface area contributed by atoms with Crippen LogP contribution in [0.4, 0.5) is 0 Å². The lowest BCUT2D eigenvalue weighted by Crippen LogP contribution is -2.37. The Morgan fingerprint density at radius 2 is 1.34 bits per heavy atom. The number of furan rings is 1. The van der Waals surface area contributed by atoms with Crippen LogP contribution < -0.4 is 11.5 Å². The summed E-state index contributed by atoms with van der Waals surface area (Å²) in [6.45, 7) is 2.02. The number of allylic oxidation sites excluding steroid dienone is 1. The molecule has 0 fully saturated rings. The number of nitrogens with two attached hydrogens (primary N) is 2. The number of rotatable bonds is 6. The average molecular weight is 459 g/mol. The standard InChI is InChI=1S/C32H30N2O/c1-2-9-21(32(33)34)12-7-10-20-11-8-17-29-31(20)28-18-26-24-15-5-3-13-22(24)23-14-4-6-16-25(23)27(26)19-30(28)35-29/h2-6,8-9,11,13-19,21,32H,7,10,12,33-34H2,1H3/b9-2-. The van der Waals surface area contributed by atoms with Crippen molar-refractivity contribution < 1.29 is 4.42 Å². The largest absolute Gasteiger partial charge is 0.456 e. The molecular formula is C32H30N2O. The van der Waals surface area contributed by atoms with Gasteiger partial charge in [0.05, 0.1) is 6.17 Å². The lowest BCUT2D eigenvalue weighted by molar-refractivity contribution is 0.467. The van der Waals surface area contributed by atoms with Gasteiger partial charge in [0.2, 0.25) is 0 Å². The fourth-order valence-electron chi connectivity index (χ4n) is 5.70. The second-order valence-electron chi connectivity index (χ2n) is 9.54. The molecule has 0 radical (unpaired) electrons. The molecule has 35 heavy (non-hydrogen) atoms. The molecule has 0 spiro atoms. The molecular weight excluding hydrogens is 428 g/mol. The van der Waals surface area contributed by atoms with E-state index in [1.165, 1.54) is 48.7 Å². The molecule has 0 aliphatic heterocycles. The van der Waals surface area contributed by atoms with E-state index in [4.69, 9.17) is 15.9 Å². The predicted octanol–water partition coefficient (Wildman–Crippen LogP) is 7.80. The molecule has 0 amide bonds. The Labute approximate surface area is 205 Å². The van der Waals surface area contributed by atoms with Crippen molar-refractivity contribution >= 4 is 54.3 Å². The number of hydrogen-bond acceptors (Lipinski definition) is 3. The summed E-state index contributed by atoms with van der Waals surface area (Å²) in [5, 5.41) is 10.0. The molecule has 1 heterocycles. The number of benzene rings is 5. The highest BCUT2D eigenvalue weighted by Crippen LogP contribution is 2.40. The first kappa shape index (κ1) is 21.8. The van der Waals surface area contributed by atoms with Crippen LogP contribution >= 0.6 is 0 Å². The van der Waals surface area contributed by atoms with Crippen LogP contribution in [0.25, 0.3) is 54.3 Å². The van der Waals surface area contributed by atoms with E-state index in [1.807, 2.05) is 13.0 Å². The third-order valence-corrected chi connectivity index (χ3v) is 7.36. The van der Waals surface area contributed by atoms with E-state index < -0.39 is 0 Å². The predicted molar refractivity (Wildman–Crippen MR) is 150 cm³/mol. The van der Waals surface area contributed by atoms with Crippen molar-refractivity contribution in [2.75, 3.05) is 0 Å². The van der Waals surface area contributed by atoms with E-state index in [2.05, 4.69) is 84.9 Å². The summed E-state index contributed by atoms with van der Waals surface area (Å²) in [4.78, 5) is 0. The van der Waals surface area contributed by atoms with Crippen molar-refractivity contribution in [2.24, 2.45) is 17.4 Å². The Kier molecular flexibility index (Phi) is 5.52.